The van der Waals surface area contributed by atoms with Crippen molar-refractivity contribution >= 4 is 33.5 Å². The molecule has 0 unspecified atom stereocenters. The molecule has 0 heterocycles. The van der Waals surface area contributed by atoms with Crippen LogP contribution in [0.2, 0.25) is 5.02 Å². The second kappa shape index (κ2) is 7.57. The van der Waals surface area contributed by atoms with Crippen LogP contribution in [0.4, 0.5) is 0 Å². The smallest absolute Gasteiger partial charge is 0.338 e. The van der Waals surface area contributed by atoms with Crippen LogP contribution in [-0.2, 0) is 19.6 Å². The van der Waals surface area contributed by atoms with Gasteiger partial charge in [0.25, 0.3) is 0 Å². The number of nitrogens with zero attached hydrogens (tertiary/aromatic N) is 1. The van der Waals surface area contributed by atoms with E-state index in [1.807, 2.05) is 0 Å². The van der Waals surface area contributed by atoms with Crippen LogP contribution in [0.3, 0.4) is 0 Å². The number of ether oxygens (including phenoxy) is 1. The van der Waals surface area contributed by atoms with Crippen molar-refractivity contribution in [3.05, 3.63) is 28.8 Å². The first-order valence-corrected chi connectivity index (χ1v) is 8.11. The minimum absolute atomic E-state index is 0.0171. The molecule has 0 aliphatic heterocycles. The number of carbonyl (C=O) groups excluding carboxylic acids is 2. The summed E-state index contributed by atoms with van der Waals surface area (Å²) in [6, 6.07) is 3.86. The van der Waals surface area contributed by atoms with Gasteiger partial charge in [0.05, 0.1) is 17.1 Å². The molecule has 1 N–H and O–H groups in total. The molecule has 0 aliphatic rings. The van der Waals surface area contributed by atoms with Crippen molar-refractivity contribution in [1.29, 1.82) is 0 Å². The Labute approximate surface area is 134 Å². The Bertz CT molecular complexity index is 673. The predicted molar refractivity (Wildman–Crippen MR) is 81.3 cm³/mol. The minimum atomic E-state index is -3.76. The van der Waals surface area contributed by atoms with Crippen molar-refractivity contribution in [3.8, 4) is 0 Å². The summed E-state index contributed by atoms with van der Waals surface area (Å²) >= 11 is 5.89. The topological polar surface area (TPSA) is 92.8 Å². The van der Waals surface area contributed by atoms with Crippen molar-refractivity contribution in [2.75, 3.05) is 27.2 Å². The number of nitrogens with one attached hydrogen (secondary N) is 1. The predicted octanol–water partition coefficient (Wildman–Crippen LogP) is 0.883. The molecule has 1 amide bonds. The zero-order valence-electron chi connectivity index (χ0n) is 12.4. The van der Waals surface area contributed by atoms with E-state index in [1.165, 1.54) is 39.2 Å². The number of hydrogen-bond donors (Lipinski definition) is 1. The summed E-state index contributed by atoms with van der Waals surface area (Å²) in [5.41, 5.74) is 0.0626. The molecule has 0 radical (unpaired) electrons. The first kappa shape index (κ1) is 18.4. The van der Waals surface area contributed by atoms with E-state index in [0.29, 0.717) is 0 Å². The number of sulfonamides is 1. The Hall–Kier alpha value is -1.64. The Morgan fingerprint density at radius 2 is 1.95 bits per heavy atom. The van der Waals surface area contributed by atoms with Crippen LogP contribution < -0.4 is 5.32 Å². The molecule has 0 saturated heterocycles. The molecule has 0 aliphatic carbocycles. The maximum absolute atomic E-state index is 12.1. The lowest BCUT2D eigenvalue weighted by atomic mass is 10.2. The molecule has 9 heteroatoms. The van der Waals surface area contributed by atoms with Gasteiger partial charge in [-0.15, -0.1) is 0 Å². The van der Waals surface area contributed by atoms with E-state index in [1.54, 1.807) is 0 Å². The van der Waals surface area contributed by atoms with Gasteiger partial charge < -0.3 is 10.1 Å². The SMILES string of the molecule is CC(=O)NCCOC(=O)c1ccc(Cl)c(S(=O)(=O)N(C)C)c1. The zero-order chi connectivity index (χ0) is 16.9. The second-order valence-corrected chi connectivity index (χ2v) is 7.08. The molecule has 122 valence electrons. The molecule has 1 rings (SSSR count). The number of esters is 1. The van der Waals surface area contributed by atoms with Crippen molar-refractivity contribution < 1.29 is 22.7 Å². The lowest BCUT2D eigenvalue weighted by molar-refractivity contribution is -0.119. The maximum atomic E-state index is 12.1. The van der Waals surface area contributed by atoms with Crippen LogP contribution in [0, 0.1) is 0 Å². The number of rotatable bonds is 6. The summed E-state index contributed by atoms with van der Waals surface area (Å²) < 4.78 is 30.2. The highest BCUT2D eigenvalue weighted by Crippen LogP contribution is 2.25. The molecule has 1 aromatic carbocycles. The monoisotopic (exact) mass is 348 g/mol. The highest BCUT2D eigenvalue weighted by Gasteiger charge is 2.22. The molecule has 1 aromatic rings. The summed E-state index contributed by atoms with van der Waals surface area (Å²) in [5.74, 6) is -0.931. The Kier molecular flexibility index (Phi) is 6.34. The molecular formula is C13H17ClN2O5S. The van der Waals surface area contributed by atoms with Gasteiger partial charge in [-0.2, -0.15) is 0 Å². The third-order valence-corrected chi connectivity index (χ3v) is 4.93. The van der Waals surface area contributed by atoms with Crippen LogP contribution in [0.1, 0.15) is 17.3 Å². The van der Waals surface area contributed by atoms with Gasteiger partial charge in [0.15, 0.2) is 0 Å². The van der Waals surface area contributed by atoms with Crippen molar-refractivity contribution in [2.24, 2.45) is 0 Å². The molecule has 0 aromatic heterocycles. The third kappa shape index (κ3) is 4.69. The first-order valence-electron chi connectivity index (χ1n) is 6.30. The summed E-state index contributed by atoms with van der Waals surface area (Å²) in [6.07, 6.45) is 0. The molecule has 0 fully saturated rings. The average molecular weight is 349 g/mol. The molecule has 22 heavy (non-hydrogen) atoms. The summed E-state index contributed by atoms with van der Waals surface area (Å²) in [5, 5.41) is 2.49. The van der Waals surface area contributed by atoms with Gasteiger partial charge in [-0.25, -0.2) is 17.5 Å². The van der Waals surface area contributed by atoms with Crippen molar-refractivity contribution in [1.82, 2.24) is 9.62 Å². The van der Waals surface area contributed by atoms with Crippen LogP contribution in [0.25, 0.3) is 0 Å². The Morgan fingerprint density at radius 3 is 2.50 bits per heavy atom. The minimum Gasteiger partial charge on any atom is -0.460 e. The quantitative estimate of drug-likeness (QED) is 0.608. The van der Waals surface area contributed by atoms with E-state index in [9.17, 15) is 18.0 Å². The van der Waals surface area contributed by atoms with Gasteiger partial charge >= 0.3 is 5.97 Å². The van der Waals surface area contributed by atoms with E-state index in [2.05, 4.69) is 5.32 Å². The number of carbonyl (C=O) groups is 2. The van der Waals surface area contributed by atoms with E-state index >= 15 is 0 Å². The van der Waals surface area contributed by atoms with E-state index in [0.717, 1.165) is 4.31 Å². The fourth-order valence-electron chi connectivity index (χ4n) is 1.48. The van der Waals surface area contributed by atoms with Crippen LogP contribution >= 0.6 is 11.6 Å². The van der Waals surface area contributed by atoms with Gasteiger partial charge in [0, 0.05) is 21.0 Å². The molecule has 7 nitrogen and oxygen atoms in total. The van der Waals surface area contributed by atoms with Gasteiger partial charge in [-0.1, -0.05) is 11.6 Å². The van der Waals surface area contributed by atoms with E-state index in [4.69, 9.17) is 16.3 Å². The fourth-order valence-corrected chi connectivity index (χ4v) is 2.87. The summed E-state index contributed by atoms with van der Waals surface area (Å²) in [6.45, 7) is 1.51. The highest BCUT2D eigenvalue weighted by molar-refractivity contribution is 7.89. The van der Waals surface area contributed by atoms with Crippen molar-refractivity contribution in [2.45, 2.75) is 11.8 Å². The molecule has 0 spiro atoms. The van der Waals surface area contributed by atoms with Gasteiger partial charge in [0.2, 0.25) is 15.9 Å². The number of amides is 1. The fraction of sp³-hybridized carbons (Fsp3) is 0.385. The zero-order valence-corrected chi connectivity index (χ0v) is 14.0. The lowest BCUT2D eigenvalue weighted by Crippen LogP contribution is -2.25. The first-order chi connectivity index (χ1) is 10.2. The third-order valence-electron chi connectivity index (χ3n) is 2.63. The van der Waals surface area contributed by atoms with Crippen molar-refractivity contribution in [3.63, 3.8) is 0 Å². The average Bonchev–Trinajstić information content (AvgIpc) is 2.43. The summed E-state index contributed by atoms with van der Waals surface area (Å²) in [4.78, 5) is 22.4. The lowest BCUT2D eigenvalue weighted by Gasteiger charge is -2.13. The maximum Gasteiger partial charge on any atom is 0.338 e. The number of benzene rings is 1. The van der Waals surface area contributed by atoms with Gasteiger partial charge in [-0.05, 0) is 18.2 Å². The normalized spacial score (nSPS) is 11.3. The van der Waals surface area contributed by atoms with Crippen LogP contribution in [0.15, 0.2) is 23.1 Å². The number of hydrogen-bond acceptors (Lipinski definition) is 5. The Morgan fingerprint density at radius 1 is 1.32 bits per heavy atom. The largest absolute Gasteiger partial charge is 0.460 e. The molecule has 0 atom stereocenters. The summed E-state index contributed by atoms with van der Waals surface area (Å²) in [7, 11) is -1.03. The van der Waals surface area contributed by atoms with Gasteiger partial charge in [-0.3, -0.25) is 4.79 Å². The van der Waals surface area contributed by atoms with Crippen LogP contribution in [0.5, 0.6) is 0 Å². The highest BCUT2D eigenvalue weighted by atomic mass is 35.5. The van der Waals surface area contributed by atoms with Gasteiger partial charge in [0.1, 0.15) is 11.5 Å². The van der Waals surface area contributed by atoms with E-state index in [-0.39, 0.29) is 34.5 Å². The number of halogens is 1. The molecular weight excluding hydrogens is 332 g/mol. The molecule has 0 saturated carbocycles. The molecule has 0 bridgehead atoms. The second-order valence-electron chi connectivity index (χ2n) is 4.55. The van der Waals surface area contributed by atoms with E-state index < -0.39 is 16.0 Å². The Balaban J connectivity index is 2.89. The standard InChI is InChI=1S/C13H17ClN2O5S/c1-9(17)15-6-7-21-13(18)10-4-5-11(14)12(8-10)22(19,20)16(2)3/h4-5,8H,6-7H2,1-3H3,(H,15,17). The van der Waals surface area contributed by atoms with Crippen LogP contribution in [-0.4, -0.2) is 51.8 Å².